The lowest BCUT2D eigenvalue weighted by Gasteiger charge is -2.07. The Kier molecular flexibility index (Phi) is 3.15. The molecule has 0 saturated heterocycles. The monoisotopic (exact) mass is 236 g/mol. The molecule has 84 valence electrons. The highest BCUT2D eigenvalue weighted by molar-refractivity contribution is 6.17. The van der Waals surface area contributed by atoms with Gasteiger partial charge >= 0.3 is 0 Å². The molecule has 2 rings (SSSR count). The van der Waals surface area contributed by atoms with Crippen LogP contribution in [0.5, 0.6) is 11.5 Å². The average Bonchev–Trinajstić information content (AvgIpc) is 2.67. The minimum atomic E-state index is 0.490. The van der Waals surface area contributed by atoms with Crippen LogP contribution in [0, 0.1) is 6.92 Å². The molecule has 0 spiro atoms. The summed E-state index contributed by atoms with van der Waals surface area (Å²) in [6, 6.07) is 5.96. The fourth-order valence-corrected chi connectivity index (χ4v) is 1.58. The molecule has 16 heavy (non-hydrogen) atoms. The third-order valence-corrected chi connectivity index (χ3v) is 2.62. The third-order valence-electron chi connectivity index (χ3n) is 2.32. The maximum atomic E-state index is 5.79. The van der Waals surface area contributed by atoms with Gasteiger partial charge in [0.05, 0.1) is 12.4 Å². The molecule has 0 fully saturated rings. The predicted octanol–water partition coefficient (Wildman–Crippen LogP) is 3.26. The Morgan fingerprint density at radius 2 is 2.25 bits per heavy atom. The van der Waals surface area contributed by atoms with Crippen LogP contribution in [0.4, 0.5) is 0 Å². The second kappa shape index (κ2) is 4.58. The number of aryl methyl sites for hydroxylation is 2. The molecule has 0 radical (unpaired) electrons. The summed E-state index contributed by atoms with van der Waals surface area (Å²) in [7, 11) is 1.86. The molecule has 0 N–H and O–H groups in total. The minimum absolute atomic E-state index is 0.490. The molecule has 0 amide bonds. The van der Waals surface area contributed by atoms with Crippen molar-refractivity contribution in [3.63, 3.8) is 0 Å². The van der Waals surface area contributed by atoms with Crippen molar-refractivity contribution in [1.29, 1.82) is 0 Å². The molecule has 3 nitrogen and oxygen atoms in total. The van der Waals surface area contributed by atoms with Crippen molar-refractivity contribution < 1.29 is 4.74 Å². The number of benzene rings is 1. The topological polar surface area (TPSA) is 27.1 Å². The van der Waals surface area contributed by atoms with Gasteiger partial charge in [-0.3, -0.25) is 4.68 Å². The van der Waals surface area contributed by atoms with E-state index in [2.05, 4.69) is 5.10 Å². The second-order valence-corrected chi connectivity index (χ2v) is 3.95. The van der Waals surface area contributed by atoms with Crippen molar-refractivity contribution in [2.75, 3.05) is 0 Å². The molecule has 0 aliphatic carbocycles. The van der Waals surface area contributed by atoms with E-state index in [1.54, 1.807) is 10.9 Å². The summed E-state index contributed by atoms with van der Waals surface area (Å²) in [5.41, 5.74) is 2.13. The van der Waals surface area contributed by atoms with E-state index in [4.69, 9.17) is 16.3 Å². The number of halogens is 1. The van der Waals surface area contributed by atoms with Gasteiger partial charge in [0, 0.05) is 12.9 Å². The van der Waals surface area contributed by atoms with E-state index in [-0.39, 0.29) is 0 Å². The molecule has 0 aliphatic heterocycles. The van der Waals surface area contributed by atoms with Crippen LogP contribution in [0.2, 0.25) is 0 Å². The SMILES string of the molecule is Cc1ccc(CCl)cc1Oc1cnn(C)c1. The van der Waals surface area contributed by atoms with E-state index in [0.717, 1.165) is 22.6 Å². The van der Waals surface area contributed by atoms with Crippen LogP contribution in [0.15, 0.2) is 30.6 Å². The van der Waals surface area contributed by atoms with E-state index < -0.39 is 0 Å². The van der Waals surface area contributed by atoms with Crippen LogP contribution in [0.3, 0.4) is 0 Å². The molecule has 1 aromatic heterocycles. The normalized spacial score (nSPS) is 10.4. The number of nitrogens with zero attached hydrogens (tertiary/aromatic N) is 2. The lowest BCUT2D eigenvalue weighted by molar-refractivity contribution is 0.478. The van der Waals surface area contributed by atoms with Crippen molar-refractivity contribution in [3.05, 3.63) is 41.7 Å². The Hall–Kier alpha value is -1.48. The maximum Gasteiger partial charge on any atom is 0.165 e. The smallest absolute Gasteiger partial charge is 0.165 e. The highest BCUT2D eigenvalue weighted by Gasteiger charge is 2.04. The fourth-order valence-electron chi connectivity index (χ4n) is 1.42. The van der Waals surface area contributed by atoms with Crippen LogP contribution in [0.1, 0.15) is 11.1 Å². The molecule has 0 unspecified atom stereocenters. The summed E-state index contributed by atoms with van der Waals surface area (Å²) in [6.07, 6.45) is 3.51. The summed E-state index contributed by atoms with van der Waals surface area (Å²) in [4.78, 5) is 0. The van der Waals surface area contributed by atoms with Crippen molar-refractivity contribution in [1.82, 2.24) is 9.78 Å². The van der Waals surface area contributed by atoms with E-state index in [1.807, 2.05) is 38.4 Å². The lowest BCUT2D eigenvalue weighted by atomic mass is 10.1. The molecule has 0 atom stereocenters. The van der Waals surface area contributed by atoms with Gasteiger partial charge in [-0.1, -0.05) is 12.1 Å². The van der Waals surface area contributed by atoms with Crippen molar-refractivity contribution in [2.24, 2.45) is 7.05 Å². The highest BCUT2D eigenvalue weighted by Crippen LogP contribution is 2.26. The number of aromatic nitrogens is 2. The first-order valence-electron chi connectivity index (χ1n) is 5.01. The molecule has 1 aromatic carbocycles. The Morgan fingerprint density at radius 1 is 1.44 bits per heavy atom. The van der Waals surface area contributed by atoms with Crippen LogP contribution in [-0.2, 0) is 12.9 Å². The largest absolute Gasteiger partial charge is 0.454 e. The van der Waals surface area contributed by atoms with Gasteiger partial charge in [-0.2, -0.15) is 5.10 Å². The Labute approximate surface area is 99.6 Å². The zero-order valence-corrected chi connectivity index (χ0v) is 10.0. The number of hydrogen-bond acceptors (Lipinski definition) is 2. The van der Waals surface area contributed by atoms with Crippen LogP contribution >= 0.6 is 11.6 Å². The van der Waals surface area contributed by atoms with Crippen LogP contribution in [-0.4, -0.2) is 9.78 Å². The van der Waals surface area contributed by atoms with Gasteiger partial charge < -0.3 is 4.74 Å². The predicted molar refractivity (Wildman–Crippen MR) is 64.0 cm³/mol. The molecule has 0 aliphatic rings. The highest BCUT2D eigenvalue weighted by atomic mass is 35.5. The molecular weight excluding hydrogens is 224 g/mol. The molecule has 1 heterocycles. The summed E-state index contributed by atoms with van der Waals surface area (Å²) in [6.45, 7) is 2.00. The number of rotatable bonds is 3. The van der Waals surface area contributed by atoms with Gasteiger partial charge in [0.25, 0.3) is 0 Å². The van der Waals surface area contributed by atoms with Crippen LogP contribution < -0.4 is 4.74 Å². The van der Waals surface area contributed by atoms with Crippen LogP contribution in [0.25, 0.3) is 0 Å². The Balaban J connectivity index is 2.26. The van der Waals surface area contributed by atoms with E-state index >= 15 is 0 Å². The van der Waals surface area contributed by atoms with Crippen molar-refractivity contribution in [3.8, 4) is 11.5 Å². The fraction of sp³-hybridized carbons (Fsp3) is 0.250. The number of hydrogen-bond donors (Lipinski definition) is 0. The first-order valence-corrected chi connectivity index (χ1v) is 5.54. The van der Waals surface area contributed by atoms with E-state index in [9.17, 15) is 0 Å². The Bertz CT molecular complexity index is 494. The summed E-state index contributed by atoms with van der Waals surface area (Å²) < 4.78 is 7.43. The molecule has 2 aromatic rings. The summed E-state index contributed by atoms with van der Waals surface area (Å²) >= 11 is 5.79. The minimum Gasteiger partial charge on any atom is -0.454 e. The molecule has 4 heteroatoms. The Morgan fingerprint density at radius 3 is 2.88 bits per heavy atom. The van der Waals surface area contributed by atoms with Gasteiger partial charge in [-0.05, 0) is 24.1 Å². The van der Waals surface area contributed by atoms with E-state index in [1.165, 1.54) is 0 Å². The maximum absolute atomic E-state index is 5.79. The molecule has 0 saturated carbocycles. The van der Waals surface area contributed by atoms with Gasteiger partial charge in [0.1, 0.15) is 5.75 Å². The van der Waals surface area contributed by atoms with Gasteiger partial charge in [0.15, 0.2) is 5.75 Å². The standard InChI is InChI=1S/C12H13ClN2O/c1-9-3-4-10(6-13)5-12(9)16-11-7-14-15(2)8-11/h3-5,7-8H,6H2,1-2H3. The quantitative estimate of drug-likeness (QED) is 0.765. The molecule has 0 bridgehead atoms. The van der Waals surface area contributed by atoms with Crippen molar-refractivity contribution in [2.45, 2.75) is 12.8 Å². The van der Waals surface area contributed by atoms with Gasteiger partial charge in [0.2, 0.25) is 0 Å². The average molecular weight is 237 g/mol. The zero-order chi connectivity index (χ0) is 11.5. The first kappa shape index (κ1) is 11.0. The van der Waals surface area contributed by atoms with Gasteiger partial charge in [-0.15, -0.1) is 11.6 Å². The summed E-state index contributed by atoms with van der Waals surface area (Å²) in [5.74, 6) is 2.05. The lowest BCUT2D eigenvalue weighted by Crippen LogP contribution is -1.89. The second-order valence-electron chi connectivity index (χ2n) is 3.69. The van der Waals surface area contributed by atoms with Crippen molar-refractivity contribution >= 4 is 11.6 Å². The van der Waals surface area contributed by atoms with Gasteiger partial charge in [-0.25, -0.2) is 0 Å². The molecular formula is C12H13ClN2O. The third kappa shape index (κ3) is 2.36. The number of ether oxygens (including phenoxy) is 1. The van der Waals surface area contributed by atoms with E-state index in [0.29, 0.717) is 5.88 Å². The summed E-state index contributed by atoms with van der Waals surface area (Å²) in [5, 5.41) is 4.05. The zero-order valence-electron chi connectivity index (χ0n) is 9.27. The number of alkyl halides is 1. The first-order chi connectivity index (χ1) is 7.69.